The zero-order valence-electron chi connectivity index (χ0n) is 11.4. The maximum atomic E-state index is 13.1. The Morgan fingerprint density at radius 1 is 1.29 bits per heavy atom. The SMILES string of the molecule is NC(=O)[C@@H]1CCCCN1CC(=O)Nc1ccc(F)c(F)c1. The number of carbonyl (C=O) groups is 2. The third-order valence-electron chi connectivity index (χ3n) is 3.49. The summed E-state index contributed by atoms with van der Waals surface area (Å²) < 4.78 is 25.9. The van der Waals surface area contributed by atoms with Gasteiger partial charge in [-0.25, -0.2) is 8.78 Å². The highest BCUT2D eigenvalue weighted by Crippen LogP contribution is 2.17. The predicted molar refractivity (Wildman–Crippen MR) is 73.4 cm³/mol. The van der Waals surface area contributed by atoms with Gasteiger partial charge in [0.2, 0.25) is 11.8 Å². The normalized spacial score (nSPS) is 19.2. The molecular weight excluding hydrogens is 280 g/mol. The molecule has 0 aromatic heterocycles. The highest BCUT2D eigenvalue weighted by atomic mass is 19.2. The summed E-state index contributed by atoms with van der Waals surface area (Å²) >= 11 is 0. The fraction of sp³-hybridized carbons (Fsp3) is 0.429. The third-order valence-corrected chi connectivity index (χ3v) is 3.49. The fourth-order valence-corrected chi connectivity index (χ4v) is 2.46. The van der Waals surface area contributed by atoms with Gasteiger partial charge in [-0.1, -0.05) is 6.42 Å². The number of nitrogens with two attached hydrogens (primary N) is 1. The summed E-state index contributed by atoms with van der Waals surface area (Å²) in [7, 11) is 0. The van der Waals surface area contributed by atoms with Crippen molar-refractivity contribution in [2.75, 3.05) is 18.4 Å². The van der Waals surface area contributed by atoms with E-state index in [1.165, 1.54) is 6.07 Å². The number of amides is 2. The second-order valence-electron chi connectivity index (χ2n) is 5.06. The van der Waals surface area contributed by atoms with Crippen LogP contribution in [0.3, 0.4) is 0 Å². The van der Waals surface area contributed by atoms with Crippen LogP contribution in [0.25, 0.3) is 0 Å². The van der Waals surface area contributed by atoms with Crippen LogP contribution in [0.5, 0.6) is 0 Å². The average Bonchev–Trinajstić information content (AvgIpc) is 2.43. The molecule has 0 spiro atoms. The molecule has 0 aliphatic carbocycles. The Kier molecular flexibility index (Phi) is 4.85. The van der Waals surface area contributed by atoms with Crippen molar-refractivity contribution in [1.29, 1.82) is 0 Å². The van der Waals surface area contributed by atoms with Crippen molar-refractivity contribution in [2.45, 2.75) is 25.3 Å². The second kappa shape index (κ2) is 6.62. The first-order valence-corrected chi connectivity index (χ1v) is 6.75. The summed E-state index contributed by atoms with van der Waals surface area (Å²) in [6.45, 7) is 0.603. The molecule has 1 saturated heterocycles. The molecule has 1 heterocycles. The van der Waals surface area contributed by atoms with Gasteiger partial charge in [0.05, 0.1) is 12.6 Å². The highest BCUT2D eigenvalue weighted by molar-refractivity contribution is 5.92. The number of primary amides is 1. The number of carbonyl (C=O) groups excluding carboxylic acids is 2. The topological polar surface area (TPSA) is 75.4 Å². The summed E-state index contributed by atoms with van der Waals surface area (Å²) in [5.74, 6) is -2.84. The lowest BCUT2D eigenvalue weighted by Crippen LogP contribution is -2.50. The van der Waals surface area contributed by atoms with Crippen LogP contribution in [0.2, 0.25) is 0 Å². The van der Waals surface area contributed by atoms with Crippen molar-refractivity contribution < 1.29 is 18.4 Å². The van der Waals surface area contributed by atoms with E-state index in [1.807, 2.05) is 0 Å². The van der Waals surface area contributed by atoms with Crippen LogP contribution in [-0.4, -0.2) is 35.8 Å². The van der Waals surface area contributed by atoms with Gasteiger partial charge in [-0.2, -0.15) is 0 Å². The van der Waals surface area contributed by atoms with Crippen molar-refractivity contribution in [1.82, 2.24) is 4.90 Å². The summed E-state index contributed by atoms with van der Waals surface area (Å²) in [5, 5.41) is 2.48. The van der Waals surface area contributed by atoms with E-state index in [4.69, 9.17) is 5.73 Å². The molecule has 2 rings (SSSR count). The zero-order chi connectivity index (χ0) is 15.4. The van der Waals surface area contributed by atoms with Crippen molar-refractivity contribution in [3.8, 4) is 0 Å². The van der Waals surface area contributed by atoms with E-state index in [1.54, 1.807) is 4.90 Å². The van der Waals surface area contributed by atoms with E-state index in [0.717, 1.165) is 25.0 Å². The van der Waals surface area contributed by atoms with Gasteiger partial charge in [0.1, 0.15) is 0 Å². The first-order valence-electron chi connectivity index (χ1n) is 6.75. The van der Waals surface area contributed by atoms with Crippen LogP contribution >= 0.6 is 0 Å². The molecule has 1 atom stereocenters. The molecule has 1 fully saturated rings. The van der Waals surface area contributed by atoms with E-state index in [0.29, 0.717) is 13.0 Å². The zero-order valence-corrected chi connectivity index (χ0v) is 11.4. The van der Waals surface area contributed by atoms with Gasteiger partial charge < -0.3 is 11.1 Å². The molecule has 0 radical (unpaired) electrons. The predicted octanol–water partition coefficient (Wildman–Crippen LogP) is 1.24. The summed E-state index contributed by atoms with van der Waals surface area (Å²) in [4.78, 5) is 25.0. The van der Waals surface area contributed by atoms with Crippen molar-refractivity contribution in [3.05, 3.63) is 29.8 Å². The number of likely N-dealkylation sites (tertiary alicyclic amines) is 1. The quantitative estimate of drug-likeness (QED) is 0.878. The number of piperidine rings is 1. The Morgan fingerprint density at radius 3 is 2.71 bits per heavy atom. The Labute approximate surface area is 121 Å². The number of nitrogens with zero attached hydrogens (tertiary/aromatic N) is 1. The van der Waals surface area contributed by atoms with Gasteiger partial charge in [-0.3, -0.25) is 14.5 Å². The fourth-order valence-electron chi connectivity index (χ4n) is 2.46. The molecule has 5 nitrogen and oxygen atoms in total. The summed E-state index contributed by atoms with van der Waals surface area (Å²) in [6.07, 6.45) is 2.42. The molecule has 7 heteroatoms. The molecule has 1 aliphatic rings. The van der Waals surface area contributed by atoms with Gasteiger partial charge in [-0.15, -0.1) is 0 Å². The number of halogens is 2. The van der Waals surface area contributed by atoms with Crippen LogP contribution in [0.4, 0.5) is 14.5 Å². The number of rotatable bonds is 4. The van der Waals surface area contributed by atoms with Crippen molar-refractivity contribution >= 4 is 17.5 Å². The molecule has 3 N–H and O–H groups in total. The van der Waals surface area contributed by atoms with Crippen LogP contribution < -0.4 is 11.1 Å². The smallest absolute Gasteiger partial charge is 0.238 e. The van der Waals surface area contributed by atoms with Crippen LogP contribution in [0.15, 0.2) is 18.2 Å². The minimum absolute atomic E-state index is 0.00734. The van der Waals surface area contributed by atoms with E-state index in [2.05, 4.69) is 5.32 Å². The van der Waals surface area contributed by atoms with Crippen LogP contribution in [0, 0.1) is 11.6 Å². The Hall–Kier alpha value is -2.02. The molecule has 114 valence electrons. The third kappa shape index (κ3) is 3.98. The molecule has 1 aromatic rings. The maximum absolute atomic E-state index is 13.1. The molecule has 1 aliphatic heterocycles. The van der Waals surface area contributed by atoms with E-state index in [-0.39, 0.29) is 12.2 Å². The van der Waals surface area contributed by atoms with Gasteiger partial charge in [0.25, 0.3) is 0 Å². The summed E-state index contributed by atoms with van der Waals surface area (Å²) in [6, 6.07) is 2.68. The van der Waals surface area contributed by atoms with Crippen molar-refractivity contribution in [2.24, 2.45) is 5.73 Å². The van der Waals surface area contributed by atoms with Gasteiger partial charge in [0.15, 0.2) is 11.6 Å². The highest BCUT2D eigenvalue weighted by Gasteiger charge is 2.28. The Bertz CT molecular complexity index is 551. The minimum atomic E-state index is -1.03. The molecule has 0 saturated carbocycles. The lowest BCUT2D eigenvalue weighted by Gasteiger charge is -2.32. The standard InChI is InChI=1S/C14H17F2N3O2/c15-10-5-4-9(7-11(10)16)18-13(20)8-19-6-2-1-3-12(19)14(17)21/h4-5,7,12H,1-3,6,8H2,(H2,17,21)(H,18,20)/t12-/m0/s1. The number of nitrogens with one attached hydrogen (secondary N) is 1. The van der Waals surface area contributed by atoms with E-state index in [9.17, 15) is 18.4 Å². The molecule has 21 heavy (non-hydrogen) atoms. The number of hydrogen-bond acceptors (Lipinski definition) is 3. The van der Waals surface area contributed by atoms with Gasteiger partial charge >= 0.3 is 0 Å². The van der Waals surface area contributed by atoms with Crippen LogP contribution in [-0.2, 0) is 9.59 Å². The van der Waals surface area contributed by atoms with Crippen molar-refractivity contribution in [3.63, 3.8) is 0 Å². The van der Waals surface area contributed by atoms with Crippen LogP contribution in [0.1, 0.15) is 19.3 Å². The number of hydrogen-bond donors (Lipinski definition) is 2. The first kappa shape index (κ1) is 15.4. The molecule has 1 aromatic carbocycles. The molecule has 0 unspecified atom stereocenters. The van der Waals surface area contributed by atoms with Gasteiger partial charge in [0, 0.05) is 11.8 Å². The maximum Gasteiger partial charge on any atom is 0.238 e. The van der Waals surface area contributed by atoms with E-state index < -0.39 is 29.5 Å². The largest absolute Gasteiger partial charge is 0.368 e. The molecular formula is C14H17F2N3O2. The average molecular weight is 297 g/mol. The monoisotopic (exact) mass is 297 g/mol. The molecule has 2 amide bonds. The van der Waals surface area contributed by atoms with E-state index >= 15 is 0 Å². The number of anilines is 1. The lowest BCUT2D eigenvalue weighted by molar-refractivity contribution is -0.126. The number of benzene rings is 1. The lowest BCUT2D eigenvalue weighted by atomic mass is 10.0. The summed E-state index contributed by atoms with van der Waals surface area (Å²) in [5.41, 5.74) is 5.49. The molecule has 0 bridgehead atoms. The first-order chi connectivity index (χ1) is 9.97. The Morgan fingerprint density at radius 2 is 2.05 bits per heavy atom. The minimum Gasteiger partial charge on any atom is -0.368 e. The Balaban J connectivity index is 1.97. The van der Waals surface area contributed by atoms with Gasteiger partial charge in [-0.05, 0) is 31.5 Å². The second-order valence-corrected chi connectivity index (χ2v) is 5.06.